The Morgan fingerprint density at radius 1 is 0.667 bits per heavy atom. The molecule has 0 saturated heterocycles. The average molecular weight is 567 g/mol. The van der Waals surface area contributed by atoms with Gasteiger partial charge in [-0.3, -0.25) is 9.11 Å². The molecule has 0 radical (unpaired) electrons. The third kappa shape index (κ3) is 17.8. The highest BCUT2D eigenvalue weighted by atomic mass is 32.3. The Labute approximate surface area is 230 Å². The summed E-state index contributed by atoms with van der Waals surface area (Å²) in [5.41, 5.74) is 0. The van der Waals surface area contributed by atoms with Crippen LogP contribution in [-0.4, -0.2) is 102 Å². The third-order valence-corrected chi connectivity index (χ3v) is 3.81. The highest BCUT2D eigenvalue weighted by Gasteiger charge is 2.08. The zero-order chi connectivity index (χ0) is 29.8. The number of nitrogens with one attached hydrogen (secondary N) is 4. The van der Waals surface area contributed by atoms with Crippen LogP contribution in [0.5, 0.6) is 0 Å². The van der Waals surface area contributed by atoms with E-state index in [1.54, 1.807) is 0 Å². The summed E-state index contributed by atoms with van der Waals surface area (Å²) >= 11 is 0. The van der Waals surface area contributed by atoms with Gasteiger partial charge in [0.05, 0.1) is 13.1 Å². The number of hydrogen-bond donors (Lipinski definition) is 6. The van der Waals surface area contributed by atoms with Gasteiger partial charge in [-0.2, -0.15) is 38.3 Å². The molecule has 0 aliphatic carbocycles. The molecule has 0 saturated carbocycles. The van der Waals surface area contributed by atoms with Crippen LogP contribution in [0, 0.1) is 24.7 Å². The first kappa shape index (κ1) is 34.8. The second-order valence-electron chi connectivity index (χ2n) is 7.77. The van der Waals surface area contributed by atoms with E-state index < -0.39 is 10.4 Å². The fourth-order valence-corrected chi connectivity index (χ4v) is 2.18. The number of rotatable bonds is 12. The van der Waals surface area contributed by atoms with E-state index in [-0.39, 0.29) is 0 Å². The molecule has 2 aromatic rings. The van der Waals surface area contributed by atoms with E-state index >= 15 is 0 Å². The van der Waals surface area contributed by atoms with Gasteiger partial charge in [0.15, 0.2) is 0 Å². The van der Waals surface area contributed by atoms with Crippen LogP contribution in [0.1, 0.15) is 26.7 Å². The standard InChI is InChI=1S/2C11H18N6.H2O4S/c2*1-5-7-12-9-14-10(13-8-6-2)16-11(15-9)17(3)4;1-5(2,3)4/h2*1H,6-8H2,2-4H3,(H2,12,13,14,15,16);(H2,1,2,3,4). The molecule has 39 heavy (non-hydrogen) atoms. The number of hydrogen-bond acceptors (Lipinski definition) is 14. The van der Waals surface area contributed by atoms with Crippen LogP contribution in [0.4, 0.5) is 35.7 Å². The van der Waals surface area contributed by atoms with Crippen LogP contribution >= 0.6 is 0 Å². The van der Waals surface area contributed by atoms with Crippen molar-refractivity contribution in [3.05, 3.63) is 0 Å². The molecule has 2 rings (SSSR count). The van der Waals surface area contributed by atoms with E-state index in [0.29, 0.717) is 48.8 Å². The van der Waals surface area contributed by atoms with Crippen LogP contribution in [0.2, 0.25) is 0 Å². The van der Waals surface area contributed by atoms with E-state index in [1.165, 1.54) is 0 Å². The van der Waals surface area contributed by atoms with Crippen molar-refractivity contribution in [3.8, 4) is 24.7 Å². The van der Waals surface area contributed by atoms with Crippen molar-refractivity contribution in [1.29, 1.82) is 0 Å². The Bertz CT molecular complexity index is 1100. The lowest BCUT2D eigenvalue weighted by Gasteiger charge is -2.13. The van der Waals surface area contributed by atoms with Crippen molar-refractivity contribution in [2.24, 2.45) is 0 Å². The molecular formula is C22H38N12O4S. The predicted octanol–water partition coefficient (Wildman–Crippen LogP) is 0.956. The van der Waals surface area contributed by atoms with Crippen molar-refractivity contribution in [2.75, 3.05) is 85.4 Å². The molecular weight excluding hydrogens is 528 g/mol. The minimum Gasteiger partial charge on any atom is -0.354 e. The van der Waals surface area contributed by atoms with Gasteiger partial charge >= 0.3 is 10.4 Å². The second-order valence-corrected chi connectivity index (χ2v) is 8.67. The van der Waals surface area contributed by atoms with Crippen LogP contribution in [-0.2, 0) is 10.4 Å². The Kier molecular flexibility index (Phi) is 16.9. The summed E-state index contributed by atoms with van der Waals surface area (Å²) in [5, 5.41) is 12.1. The molecule has 0 bridgehead atoms. The first-order valence-corrected chi connectivity index (χ1v) is 13.1. The molecule has 216 valence electrons. The first-order chi connectivity index (χ1) is 18.3. The summed E-state index contributed by atoms with van der Waals surface area (Å²) in [6, 6.07) is 0. The van der Waals surface area contributed by atoms with E-state index in [2.05, 4.69) is 76.9 Å². The van der Waals surface area contributed by atoms with Gasteiger partial charge in [-0.05, 0) is 12.8 Å². The minimum absolute atomic E-state index is 0.393. The maximum atomic E-state index is 8.74. The lowest BCUT2D eigenvalue weighted by molar-refractivity contribution is 0.381. The molecule has 0 unspecified atom stereocenters. The molecule has 17 heteroatoms. The van der Waals surface area contributed by atoms with Gasteiger partial charge < -0.3 is 31.1 Å². The van der Waals surface area contributed by atoms with Crippen molar-refractivity contribution in [1.82, 2.24) is 29.9 Å². The molecule has 0 aliphatic rings. The highest BCUT2D eigenvalue weighted by Crippen LogP contribution is 2.12. The van der Waals surface area contributed by atoms with Crippen LogP contribution in [0.15, 0.2) is 0 Å². The van der Waals surface area contributed by atoms with Crippen molar-refractivity contribution in [2.45, 2.75) is 26.7 Å². The quantitative estimate of drug-likeness (QED) is 0.156. The molecule has 0 atom stereocenters. The van der Waals surface area contributed by atoms with Crippen molar-refractivity contribution in [3.63, 3.8) is 0 Å². The smallest absolute Gasteiger partial charge is 0.354 e. The van der Waals surface area contributed by atoms with Gasteiger partial charge in [-0.25, -0.2) is 0 Å². The molecule has 0 spiro atoms. The lowest BCUT2D eigenvalue weighted by atomic mass is 10.5. The number of anilines is 6. The number of nitrogens with zero attached hydrogens (tertiary/aromatic N) is 8. The normalized spacial score (nSPS) is 9.79. The maximum Gasteiger partial charge on any atom is 0.394 e. The fraction of sp³-hybridized carbons (Fsp3) is 0.545. The molecule has 16 nitrogen and oxygen atoms in total. The van der Waals surface area contributed by atoms with Gasteiger partial charge in [-0.1, -0.05) is 25.7 Å². The Morgan fingerprint density at radius 2 is 0.949 bits per heavy atom. The molecule has 0 fully saturated rings. The summed E-state index contributed by atoms with van der Waals surface area (Å²) in [7, 11) is 2.85. The van der Waals surface area contributed by atoms with E-state index in [1.807, 2.05) is 38.0 Å². The molecule has 0 amide bonds. The van der Waals surface area contributed by atoms with Gasteiger partial charge in [0.2, 0.25) is 35.7 Å². The third-order valence-electron chi connectivity index (χ3n) is 3.81. The zero-order valence-corrected chi connectivity index (χ0v) is 23.9. The van der Waals surface area contributed by atoms with Gasteiger partial charge in [0.25, 0.3) is 0 Å². The van der Waals surface area contributed by atoms with Crippen molar-refractivity contribution < 1.29 is 17.5 Å². The summed E-state index contributed by atoms with van der Waals surface area (Å²) in [6.07, 6.45) is 12.4. The number of terminal acetylenes is 2. The topological polar surface area (TPSA) is 207 Å². The maximum absolute atomic E-state index is 8.74. The molecule has 2 aromatic heterocycles. The zero-order valence-electron chi connectivity index (χ0n) is 23.1. The summed E-state index contributed by atoms with van der Waals surface area (Å²) in [6.45, 7) is 6.60. The van der Waals surface area contributed by atoms with Crippen molar-refractivity contribution >= 4 is 46.1 Å². The fourth-order valence-electron chi connectivity index (χ4n) is 2.18. The Hall–Kier alpha value is -4.19. The molecule has 0 aliphatic heterocycles. The van der Waals surface area contributed by atoms with Gasteiger partial charge in [0.1, 0.15) is 0 Å². The largest absolute Gasteiger partial charge is 0.394 e. The lowest BCUT2D eigenvalue weighted by Crippen LogP contribution is -2.17. The SMILES string of the molecule is C#CCNc1nc(NCCC)nc(N(C)C)n1.C#CCNc1nc(NCCC)nc(N(C)C)n1.O=S(=O)(O)O. The van der Waals surface area contributed by atoms with Crippen LogP contribution in [0.25, 0.3) is 0 Å². The Morgan fingerprint density at radius 3 is 1.18 bits per heavy atom. The summed E-state index contributed by atoms with van der Waals surface area (Å²) in [5.74, 6) is 8.25. The molecule has 0 aromatic carbocycles. The van der Waals surface area contributed by atoms with Crippen LogP contribution in [0.3, 0.4) is 0 Å². The summed E-state index contributed by atoms with van der Waals surface area (Å²) < 4.78 is 31.6. The first-order valence-electron chi connectivity index (χ1n) is 11.7. The highest BCUT2D eigenvalue weighted by molar-refractivity contribution is 7.79. The van der Waals surface area contributed by atoms with Crippen LogP contribution < -0.4 is 31.1 Å². The molecule has 6 N–H and O–H groups in total. The van der Waals surface area contributed by atoms with E-state index in [4.69, 9.17) is 30.4 Å². The molecule has 2 heterocycles. The predicted molar refractivity (Wildman–Crippen MR) is 155 cm³/mol. The monoisotopic (exact) mass is 566 g/mol. The summed E-state index contributed by atoms with van der Waals surface area (Å²) in [4.78, 5) is 29.1. The minimum atomic E-state index is -4.67. The van der Waals surface area contributed by atoms with E-state index in [9.17, 15) is 0 Å². The Balaban J connectivity index is 0.000000632. The van der Waals surface area contributed by atoms with Gasteiger partial charge in [-0.15, -0.1) is 12.8 Å². The van der Waals surface area contributed by atoms with E-state index in [0.717, 1.165) is 25.9 Å². The number of aromatic nitrogens is 6. The average Bonchev–Trinajstić information content (AvgIpc) is 2.87. The second kappa shape index (κ2) is 19.0. The van der Waals surface area contributed by atoms with Gasteiger partial charge in [0, 0.05) is 41.3 Å².